The Morgan fingerprint density at radius 3 is 2.15 bits per heavy atom. The molecule has 1 aliphatic carbocycles. The van der Waals surface area contributed by atoms with Gasteiger partial charge in [-0.1, -0.05) is 24.3 Å². The number of aliphatic hydroxyl groups excluding tert-OH is 1. The molecule has 0 fully saturated rings. The number of benzene rings is 1. The predicted molar refractivity (Wildman–Crippen MR) is 79.6 cm³/mol. The van der Waals surface area contributed by atoms with Gasteiger partial charge in [-0.15, -0.1) is 0 Å². The summed E-state index contributed by atoms with van der Waals surface area (Å²) in [4.78, 5) is 0. The molecule has 0 radical (unpaired) electrons. The van der Waals surface area contributed by atoms with E-state index in [1.54, 1.807) is 6.07 Å². The van der Waals surface area contributed by atoms with Crippen LogP contribution in [0.5, 0.6) is 0 Å². The summed E-state index contributed by atoms with van der Waals surface area (Å²) in [6.07, 6.45) is 1.04. The number of alkyl halides is 1. The summed E-state index contributed by atoms with van der Waals surface area (Å²) < 4.78 is 62.4. The molecule has 0 aromatic heterocycles. The second kappa shape index (κ2) is 4.66. The maximum absolute atomic E-state index is 11.6. The molecule has 110 valence electrons. The highest BCUT2D eigenvalue weighted by Gasteiger charge is 2.59. The lowest BCUT2D eigenvalue weighted by molar-refractivity contribution is 0.360. The molecule has 0 heterocycles. The number of hydrogen-bond acceptors (Lipinski definition) is 5. The van der Waals surface area contributed by atoms with E-state index in [4.69, 9.17) is 0 Å². The van der Waals surface area contributed by atoms with Gasteiger partial charge in [0.1, 0.15) is 5.76 Å². The van der Waals surface area contributed by atoms with Crippen LogP contribution < -0.4 is 0 Å². The Labute approximate surface area is 129 Å². The van der Waals surface area contributed by atoms with Crippen LogP contribution >= 0.6 is 22.6 Å². The van der Waals surface area contributed by atoms with Crippen LogP contribution in [0.2, 0.25) is 0 Å². The number of rotatable bonds is 2. The van der Waals surface area contributed by atoms with E-state index in [1.165, 1.54) is 18.2 Å². The minimum atomic E-state index is -5.02. The highest BCUT2D eigenvalue weighted by Crippen LogP contribution is 2.51. The zero-order chi connectivity index (χ0) is 15.3. The standard InChI is InChI=1S/C10H9IO7S2/c11-10(20(16,17)18)8(12)5-6-3-1-2-4-7(6)9(10)19(13,14)15/h1-5,9,12H,(H,13,14,15)(H,16,17,18). The second-order valence-electron chi connectivity index (χ2n) is 4.17. The summed E-state index contributed by atoms with van der Waals surface area (Å²) in [6, 6.07) is 5.75. The van der Waals surface area contributed by atoms with Crippen molar-refractivity contribution in [3.63, 3.8) is 0 Å². The number of aliphatic hydroxyl groups is 1. The van der Waals surface area contributed by atoms with Crippen molar-refractivity contribution in [1.29, 1.82) is 0 Å². The third-order valence-electron chi connectivity index (χ3n) is 2.93. The fourth-order valence-corrected chi connectivity index (χ4v) is 6.03. The SMILES string of the molecule is O=S(=O)(O)C1c2ccccc2C=C(O)C1(I)S(=O)(=O)O. The van der Waals surface area contributed by atoms with Crippen LogP contribution in [0.1, 0.15) is 16.4 Å². The maximum atomic E-state index is 11.6. The van der Waals surface area contributed by atoms with Crippen LogP contribution in [0.25, 0.3) is 6.08 Å². The fraction of sp³-hybridized carbons (Fsp3) is 0.200. The average Bonchev–Trinajstić information content (AvgIpc) is 2.27. The van der Waals surface area contributed by atoms with Crippen LogP contribution in [-0.2, 0) is 20.2 Å². The van der Waals surface area contributed by atoms with Crippen molar-refractivity contribution >= 4 is 48.9 Å². The normalized spacial score (nSPS) is 26.8. The molecule has 0 saturated heterocycles. The van der Waals surface area contributed by atoms with Crippen molar-refractivity contribution in [2.45, 2.75) is 8.00 Å². The first-order valence-electron chi connectivity index (χ1n) is 5.12. The van der Waals surface area contributed by atoms with Gasteiger partial charge in [0.15, 0.2) is 5.25 Å². The zero-order valence-corrected chi connectivity index (χ0v) is 13.4. The molecule has 1 aromatic rings. The number of halogens is 1. The molecule has 10 heteroatoms. The molecule has 0 amide bonds. The average molecular weight is 432 g/mol. The lowest BCUT2D eigenvalue weighted by atomic mass is 9.95. The molecular weight excluding hydrogens is 423 g/mol. The van der Waals surface area contributed by atoms with Gasteiger partial charge in [-0.2, -0.15) is 16.8 Å². The first kappa shape index (κ1) is 15.7. The van der Waals surface area contributed by atoms with E-state index in [0.717, 1.165) is 28.7 Å². The Bertz CT molecular complexity index is 797. The number of fused-ring (bicyclic) bond motifs is 1. The smallest absolute Gasteiger partial charge is 0.289 e. The Morgan fingerprint density at radius 1 is 1.10 bits per heavy atom. The van der Waals surface area contributed by atoms with E-state index in [0.29, 0.717) is 0 Å². The van der Waals surface area contributed by atoms with Crippen LogP contribution in [-0.4, -0.2) is 33.8 Å². The predicted octanol–water partition coefficient (Wildman–Crippen LogP) is 1.55. The van der Waals surface area contributed by atoms with Gasteiger partial charge in [0.25, 0.3) is 20.2 Å². The van der Waals surface area contributed by atoms with Gasteiger partial charge < -0.3 is 5.11 Å². The first-order chi connectivity index (χ1) is 8.99. The molecule has 2 unspecified atom stereocenters. The van der Waals surface area contributed by atoms with Crippen LogP contribution in [0.15, 0.2) is 30.0 Å². The topological polar surface area (TPSA) is 129 Å². The van der Waals surface area contributed by atoms with Crippen LogP contribution in [0.4, 0.5) is 0 Å². The fourth-order valence-electron chi connectivity index (χ4n) is 2.08. The quantitative estimate of drug-likeness (QED) is 0.367. The second-order valence-corrected chi connectivity index (χ2v) is 9.70. The van der Waals surface area contributed by atoms with Crippen molar-refractivity contribution in [1.82, 2.24) is 0 Å². The molecule has 20 heavy (non-hydrogen) atoms. The lowest BCUT2D eigenvalue weighted by Gasteiger charge is -2.34. The largest absolute Gasteiger partial charge is 0.510 e. The van der Waals surface area contributed by atoms with Gasteiger partial charge in [0, 0.05) is 0 Å². The van der Waals surface area contributed by atoms with Gasteiger partial charge >= 0.3 is 0 Å². The Balaban J connectivity index is 2.92. The van der Waals surface area contributed by atoms with Crippen molar-refractivity contribution in [3.8, 4) is 0 Å². The van der Waals surface area contributed by atoms with Crippen LogP contribution in [0, 0.1) is 0 Å². The zero-order valence-electron chi connectivity index (χ0n) is 9.63. The maximum Gasteiger partial charge on any atom is 0.289 e. The van der Waals surface area contributed by atoms with E-state index < -0.39 is 34.0 Å². The summed E-state index contributed by atoms with van der Waals surface area (Å²) in [6.45, 7) is 0. The molecule has 3 N–H and O–H groups in total. The Morgan fingerprint density at radius 2 is 1.65 bits per heavy atom. The van der Waals surface area contributed by atoms with Crippen molar-refractivity contribution < 1.29 is 31.0 Å². The summed E-state index contributed by atoms with van der Waals surface area (Å²) >= 11 is 1.11. The van der Waals surface area contributed by atoms with Gasteiger partial charge in [-0.25, -0.2) is 0 Å². The molecule has 2 rings (SSSR count). The summed E-state index contributed by atoms with van der Waals surface area (Å²) in [5.41, 5.74) is 0.211. The van der Waals surface area contributed by atoms with E-state index in [2.05, 4.69) is 0 Å². The van der Waals surface area contributed by atoms with Gasteiger partial charge in [-0.3, -0.25) is 9.11 Å². The van der Waals surface area contributed by atoms with Gasteiger partial charge in [0.05, 0.1) is 0 Å². The summed E-state index contributed by atoms with van der Waals surface area (Å²) in [7, 11) is -9.93. The first-order valence-corrected chi connectivity index (χ1v) is 9.14. The number of hydrogen-bond donors (Lipinski definition) is 3. The monoisotopic (exact) mass is 432 g/mol. The van der Waals surface area contributed by atoms with E-state index in [9.17, 15) is 31.0 Å². The van der Waals surface area contributed by atoms with Crippen molar-refractivity contribution in [2.24, 2.45) is 0 Å². The minimum Gasteiger partial charge on any atom is -0.510 e. The molecule has 0 bridgehead atoms. The molecule has 0 aliphatic heterocycles. The lowest BCUT2D eigenvalue weighted by Crippen LogP contribution is -2.45. The van der Waals surface area contributed by atoms with Gasteiger partial charge in [0.2, 0.25) is 2.75 Å². The minimum absolute atomic E-state index is 0.0279. The van der Waals surface area contributed by atoms with Gasteiger partial charge in [-0.05, 0) is 39.8 Å². The molecule has 0 saturated carbocycles. The van der Waals surface area contributed by atoms with E-state index in [1.807, 2.05) is 0 Å². The molecule has 1 aromatic carbocycles. The van der Waals surface area contributed by atoms with E-state index >= 15 is 0 Å². The third kappa shape index (κ3) is 2.24. The summed E-state index contributed by atoms with van der Waals surface area (Å²) in [5.74, 6) is -0.873. The third-order valence-corrected chi connectivity index (χ3v) is 8.75. The molecule has 0 spiro atoms. The van der Waals surface area contributed by atoms with E-state index in [-0.39, 0.29) is 11.1 Å². The molecule has 7 nitrogen and oxygen atoms in total. The highest BCUT2D eigenvalue weighted by atomic mass is 127. The Hall–Kier alpha value is -0.690. The van der Waals surface area contributed by atoms with Crippen molar-refractivity contribution in [3.05, 3.63) is 41.2 Å². The van der Waals surface area contributed by atoms with Crippen LogP contribution in [0.3, 0.4) is 0 Å². The summed E-state index contributed by atoms with van der Waals surface area (Å²) in [5, 5.41) is 7.85. The molecule has 2 atom stereocenters. The Kier molecular flexibility index (Phi) is 3.66. The highest BCUT2D eigenvalue weighted by molar-refractivity contribution is 14.1. The molecule has 1 aliphatic rings. The molecular formula is C10H9IO7S2. The van der Waals surface area contributed by atoms with Crippen molar-refractivity contribution in [2.75, 3.05) is 0 Å².